The van der Waals surface area contributed by atoms with Gasteiger partial charge in [-0.1, -0.05) is 62.1 Å². The van der Waals surface area contributed by atoms with Gasteiger partial charge in [0.25, 0.3) is 0 Å². The molecule has 0 bridgehead atoms. The van der Waals surface area contributed by atoms with Gasteiger partial charge in [-0.2, -0.15) is 0 Å². The Hall–Kier alpha value is -2.72. The number of hydrogen-bond acceptors (Lipinski definition) is 3. The molecular formula is C23H21N3S. The molecule has 3 aromatic heterocycles. The Bertz CT molecular complexity index is 1320. The Labute approximate surface area is 162 Å². The van der Waals surface area contributed by atoms with Gasteiger partial charge in [0.1, 0.15) is 5.52 Å². The summed E-state index contributed by atoms with van der Waals surface area (Å²) in [6, 6.07) is 17.4. The molecule has 5 rings (SSSR count). The summed E-state index contributed by atoms with van der Waals surface area (Å²) in [5.41, 5.74) is 7.92. The lowest BCUT2D eigenvalue weighted by Gasteiger charge is -2.18. The summed E-state index contributed by atoms with van der Waals surface area (Å²) in [6.07, 6.45) is 1.90. The SMILES string of the molecule is Cc1cccc(-c2cc3c(cn2)nc2c4cc(C(C)(C)C)ccc4sn32)c1. The van der Waals surface area contributed by atoms with Gasteiger partial charge in [-0.15, -0.1) is 0 Å². The minimum atomic E-state index is 0.124. The fraction of sp³-hybridized carbons (Fsp3) is 0.217. The van der Waals surface area contributed by atoms with E-state index in [9.17, 15) is 0 Å². The van der Waals surface area contributed by atoms with E-state index in [0.29, 0.717) is 0 Å². The fourth-order valence-corrected chi connectivity index (χ4v) is 4.58. The number of hydrogen-bond donors (Lipinski definition) is 0. The Morgan fingerprint density at radius 3 is 2.63 bits per heavy atom. The van der Waals surface area contributed by atoms with E-state index in [-0.39, 0.29) is 5.41 Å². The quantitative estimate of drug-likeness (QED) is 0.343. The molecule has 3 nitrogen and oxygen atoms in total. The number of rotatable bonds is 1. The Morgan fingerprint density at radius 1 is 1.00 bits per heavy atom. The van der Waals surface area contributed by atoms with Gasteiger partial charge in [0.15, 0.2) is 5.65 Å². The van der Waals surface area contributed by atoms with Gasteiger partial charge in [0.2, 0.25) is 0 Å². The summed E-state index contributed by atoms with van der Waals surface area (Å²) in [7, 11) is 0. The van der Waals surface area contributed by atoms with Crippen LogP contribution in [0.3, 0.4) is 0 Å². The van der Waals surface area contributed by atoms with Crippen LogP contribution in [0.25, 0.3) is 38.0 Å². The highest BCUT2D eigenvalue weighted by atomic mass is 32.1. The predicted octanol–water partition coefficient (Wildman–Crippen LogP) is 6.37. The normalized spacial score (nSPS) is 12.4. The minimum Gasteiger partial charge on any atom is -0.254 e. The first-order chi connectivity index (χ1) is 12.9. The van der Waals surface area contributed by atoms with E-state index in [1.165, 1.54) is 21.2 Å². The Kier molecular flexibility index (Phi) is 3.43. The minimum absolute atomic E-state index is 0.124. The molecule has 0 amide bonds. The van der Waals surface area contributed by atoms with E-state index >= 15 is 0 Å². The van der Waals surface area contributed by atoms with Crippen molar-refractivity contribution in [2.45, 2.75) is 33.1 Å². The van der Waals surface area contributed by atoms with E-state index < -0.39 is 0 Å². The molecule has 134 valence electrons. The largest absolute Gasteiger partial charge is 0.254 e. The average Bonchev–Trinajstić information content (AvgIpc) is 3.16. The first-order valence-corrected chi connectivity index (χ1v) is 9.96. The maximum absolute atomic E-state index is 4.89. The molecule has 0 spiro atoms. The van der Waals surface area contributed by atoms with Crippen LogP contribution in [0.4, 0.5) is 0 Å². The molecule has 0 aliphatic heterocycles. The molecule has 0 unspecified atom stereocenters. The van der Waals surface area contributed by atoms with Gasteiger partial charge >= 0.3 is 0 Å². The molecule has 27 heavy (non-hydrogen) atoms. The maximum atomic E-state index is 4.89. The summed E-state index contributed by atoms with van der Waals surface area (Å²) >= 11 is 1.75. The van der Waals surface area contributed by atoms with Crippen molar-refractivity contribution in [1.82, 2.24) is 13.8 Å². The van der Waals surface area contributed by atoms with Crippen LogP contribution in [0, 0.1) is 6.92 Å². The first-order valence-electron chi connectivity index (χ1n) is 9.19. The van der Waals surface area contributed by atoms with Crippen LogP contribution in [0.2, 0.25) is 0 Å². The van der Waals surface area contributed by atoms with E-state index in [1.54, 1.807) is 11.5 Å². The van der Waals surface area contributed by atoms with Crippen LogP contribution < -0.4 is 0 Å². The van der Waals surface area contributed by atoms with Gasteiger partial charge in [-0.05, 0) is 42.2 Å². The molecule has 0 aliphatic carbocycles. The van der Waals surface area contributed by atoms with Crippen molar-refractivity contribution in [3.8, 4) is 11.3 Å². The molecule has 0 fully saturated rings. The third-order valence-corrected chi connectivity index (χ3v) is 6.19. The van der Waals surface area contributed by atoms with Gasteiger partial charge in [0.05, 0.1) is 22.1 Å². The molecule has 0 N–H and O–H groups in total. The third kappa shape index (κ3) is 2.63. The van der Waals surface area contributed by atoms with Gasteiger partial charge in [-0.25, -0.2) is 8.77 Å². The van der Waals surface area contributed by atoms with Crippen molar-refractivity contribution in [2.24, 2.45) is 0 Å². The molecule has 0 saturated heterocycles. The van der Waals surface area contributed by atoms with Gasteiger partial charge < -0.3 is 0 Å². The summed E-state index contributed by atoms with van der Waals surface area (Å²) in [4.78, 5) is 9.55. The zero-order chi connectivity index (χ0) is 18.8. The summed E-state index contributed by atoms with van der Waals surface area (Å²) in [5, 5.41) is 1.22. The lowest BCUT2D eigenvalue weighted by Crippen LogP contribution is -2.10. The van der Waals surface area contributed by atoms with Crippen LogP contribution in [-0.4, -0.2) is 13.8 Å². The van der Waals surface area contributed by atoms with Crippen molar-refractivity contribution in [3.05, 3.63) is 65.9 Å². The second-order valence-electron chi connectivity index (χ2n) is 8.21. The third-order valence-electron chi connectivity index (χ3n) is 5.09. The lowest BCUT2D eigenvalue weighted by atomic mass is 9.87. The van der Waals surface area contributed by atoms with Crippen molar-refractivity contribution in [2.75, 3.05) is 0 Å². The molecule has 0 saturated carbocycles. The highest BCUT2D eigenvalue weighted by Gasteiger charge is 2.18. The van der Waals surface area contributed by atoms with Crippen LogP contribution in [0.1, 0.15) is 31.9 Å². The molecule has 5 aromatic rings. The Balaban J connectivity index is 1.76. The molecule has 4 heteroatoms. The number of fused-ring (bicyclic) bond motifs is 5. The van der Waals surface area contributed by atoms with Crippen LogP contribution >= 0.6 is 11.5 Å². The maximum Gasteiger partial charge on any atom is 0.156 e. The van der Waals surface area contributed by atoms with Gasteiger partial charge in [0, 0.05) is 10.9 Å². The highest BCUT2D eigenvalue weighted by Crippen LogP contribution is 2.34. The van der Waals surface area contributed by atoms with Crippen molar-refractivity contribution < 1.29 is 0 Å². The fourth-order valence-electron chi connectivity index (χ4n) is 3.53. The molecule has 0 atom stereocenters. The number of pyridine rings is 1. The number of aryl methyl sites for hydroxylation is 1. The zero-order valence-electron chi connectivity index (χ0n) is 15.9. The number of imidazole rings is 1. The summed E-state index contributed by atoms with van der Waals surface area (Å²) in [5.74, 6) is 0. The Morgan fingerprint density at radius 2 is 1.85 bits per heavy atom. The van der Waals surface area contributed by atoms with E-state index in [1.807, 2.05) is 6.20 Å². The van der Waals surface area contributed by atoms with Crippen LogP contribution in [0.15, 0.2) is 54.7 Å². The van der Waals surface area contributed by atoms with Gasteiger partial charge in [-0.3, -0.25) is 4.98 Å². The first kappa shape index (κ1) is 16.5. The average molecular weight is 372 g/mol. The monoisotopic (exact) mass is 371 g/mol. The molecule has 0 aliphatic rings. The zero-order valence-corrected chi connectivity index (χ0v) is 16.8. The molecular weight excluding hydrogens is 350 g/mol. The number of benzene rings is 2. The topological polar surface area (TPSA) is 30.2 Å². The molecule has 0 radical (unpaired) electrons. The smallest absolute Gasteiger partial charge is 0.156 e. The van der Waals surface area contributed by atoms with E-state index in [0.717, 1.165) is 27.9 Å². The summed E-state index contributed by atoms with van der Waals surface area (Å²) < 4.78 is 3.51. The van der Waals surface area contributed by atoms with Crippen LogP contribution in [0.5, 0.6) is 0 Å². The van der Waals surface area contributed by atoms with Crippen LogP contribution in [-0.2, 0) is 5.41 Å². The number of aromatic nitrogens is 3. The standard InChI is InChI=1S/C23H21N3S/c1-14-6-5-7-15(10-14)18-12-20-19(13-24-18)25-22-17-11-16(23(2,3)4)8-9-21(17)27-26(20)22/h5-13H,1-4H3. The lowest BCUT2D eigenvalue weighted by molar-refractivity contribution is 0.591. The number of nitrogens with zero attached hydrogens (tertiary/aromatic N) is 3. The molecule has 3 heterocycles. The van der Waals surface area contributed by atoms with Crippen molar-refractivity contribution >= 4 is 38.3 Å². The molecule has 2 aromatic carbocycles. The van der Waals surface area contributed by atoms with Crippen molar-refractivity contribution in [1.29, 1.82) is 0 Å². The highest BCUT2D eigenvalue weighted by molar-refractivity contribution is 7.14. The second-order valence-corrected chi connectivity index (χ2v) is 9.20. The van der Waals surface area contributed by atoms with E-state index in [4.69, 9.17) is 4.98 Å². The summed E-state index contributed by atoms with van der Waals surface area (Å²) in [6.45, 7) is 8.85. The second kappa shape index (κ2) is 5.64. The predicted molar refractivity (Wildman–Crippen MR) is 115 cm³/mol. The van der Waals surface area contributed by atoms with Crippen molar-refractivity contribution in [3.63, 3.8) is 0 Å². The van der Waals surface area contributed by atoms with E-state index in [2.05, 4.69) is 85.0 Å².